The molecular formula is C15H14ClN5O2S2. The summed E-state index contributed by atoms with van der Waals surface area (Å²) in [6.45, 7) is 3.20. The predicted molar refractivity (Wildman–Crippen MR) is 98.8 cm³/mol. The Morgan fingerprint density at radius 1 is 1.44 bits per heavy atom. The highest BCUT2D eigenvalue weighted by molar-refractivity contribution is 8.02. The van der Waals surface area contributed by atoms with Crippen molar-refractivity contribution in [3.63, 3.8) is 0 Å². The highest BCUT2D eigenvalue weighted by Gasteiger charge is 2.35. The number of aryl methyl sites for hydroxylation is 1. The van der Waals surface area contributed by atoms with Crippen molar-refractivity contribution in [2.45, 2.75) is 29.9 Å². The van der Waals surface area contributed by atoms with E-state index in [9.17, 15) is 9.59 Å². The first-order chi connectivity index (χ1) is 11.8. The minimum atomic E-state index is -0.528. The number of carbonyl (C=O) groups is 2. The Morgan fingerprint density at radius 2 is 2.20 bits per heavy atom. The van der Waals surface area contributed by atoms with E-state index in [1.165, 1.54) is 30.0 Å². The van der Waals surface area contributed by atoms with E-state index < -0.39 is 11.2 Å². The predicted octanol–water partition coefficient (Wildman–Crippen LogP) is 2.73. The van der Waals surface area contributed by atoms with Gasteiger partial charge in [0.25, 0.3) is 5.91 Å². The summed E-state index contributed by atoms with van der Waals surface area (Å²) in [5, 5.41) is 13.3. The molecule has 10 heteroatoms. The van der Waals surface area contributed by atoms with Crippen molar-refractivity contribution >= 4 is 57.4 Å². The second kappa shape index (κ2) is 7.11. The van der Waals surface area contributed by atoms with Crippen LogP contribution in [0.4, 0.5) is 5.13 Å². The number of rotatable bonds is 3. The summed E-state index contributed by atoms with van der Waals surface area (Å²) >= 11 is 8.51. The van der Waals surface area contributed by atoms with E-state index in [2.05, 4.69) is 15.3 Å². The van der Waals surface area contributed by atoms with Gasteiger partial charge in [0.15, 0.2) is 4.34 Å². The van der Waals surface area contributed by atoms with Crippen LogP contribution in [0.2, 0.25) is 5.02 Å². The van der Waals surface area contributed by atoms with Gasteiger partial charge in [-0.1, -0.05) is 40.8 Å². The minimum Gasteiger partial charge on any atom is -0.374 e. The van der Waals surface area contributed by atoms with E-state index >= 15 is 0 Å². The second-order valence-corrected chi connectivity index (χ2v) is 8.26. The minimum absolute atomic E-state index is 0.330. The monoisotopic (exact) mass is 395 g/mol. The highest BCUT2D eigenvalue weighted by Crippen LogP contribution is 2.33. The quantitative estimate of drug-likeness (QED) is 0.857. The van der Waals surface area contributed by atoms with Crippen molar-refractivity contribution in [3.8, 4) is 0 Å². The number of amides is 2. The van der Waals surface area contributed by atoms with E-state index in [1.807, 2.05) is 19.1 Å². The number of carbonyl (C=O) groups excluding carboxylic acids is 2. The molecule has 0 saturated heterocycles. The number of nitrogens with zero attached hydrogens (tertiary/aromatic N) is 4. The van der Waals surface area contributed by atoms with Gasteiger partial charge in [0.05, 0.1) is 11.0 Å². The Balaban J connectivity index is 1.94. The first-order valence-corrected chi connectivity index (χ1v) is 9.36. The fourth-order valence-corrected chi connectivity index (χ4v) is 4.35. The van der Waals surface area contributed by atoms with Gasteiger partial charge in [0.2, 0.25) is 11.0 Å². The molecule has 1 aromatic heterocycles. The summed E-state index contributed by atoms with van der Waals surface area (Å²) in [5.74, 6) is -0.809. The molecule has 2 N–H and O–H groups in total. The summed E-state index contributed by atoms with van der Waals surface area (Å²) in [7, 11) is 0. The van der Waals surface area contributed by atoms with Crippen molar-refractivity contribution in [3.05, 3.63) is 34.3 Å². The smallest absolute Gasteiger partial charge is 0.263 e. The molecule has 0 radical (unpaired) electrons. The third-order valence-electron chi connectivity index (χ3n) is 3.54. The summed E-state index contributed by atoms with van der Waals surface area (Å²) in [6, 6.07) is 5.49. The number of imide groups is 1. The van der Waals surface area contributed by atoms with Gasteiger partial charge in [-0.15, -0.1) is 10.2 Å². The number of aromatic nitrogens is 2. The maximum atomic E-state index is 12.6. The van der Waals surface area contributed by atoms with Crippen LogP contribution < -0.4 is 5.73 Å². The second-order valence-electron chi connectivity index (χ2n) is 5.40. The van der Waals surface area contributed by atoms with Crippen LogP contribution >= 0.6 is 34.7 Å². The molecule has 0 saturated carbocycles. The zero-order valence-electron chi connectivity index (χ0n) is 13.4. The number of nitrogen functional groups attached to an aromatic ring is 1. The Labute approximate surface area is 157 Å². The SMILES string of the molecule is CC(=O)N1N=C(c2ccc(Cl)c(C)c2)CC(Sc2nnc(N)s2)C1=O. The molecule has 0 bridgehead atoms. The average Bonchev–Trinajstić information content (AvgIpc) is 2.97. The molecule has 0 fully saturated rings. The average molecular weight is 396 g/mol. The molecule has 1 aliphatic heterocycles. The fourth-order valence-electron chi connectivity index (χ4n) is 2.32. The standard InChI is InChI=1S/C15H14ClN5O2S2/c1-7-5-9(3-4-10(7)16)11-6-12(13(23)21(20-11)8(2)22)24-15-19-18-14(17)25-15/h3-5,12H,6H2,1-2H3,(H2,17,18). The van der Waals surface area contributed by atoms with E-state index in [0.717, 1.165) is 16.1 Å². The van der Waals surface area contributed by atoms with Gasteiger partial charge in [0.1, 0.15) is 0 Å². The maximum absolute atomic E-state index is 12.6. The molecule has 130 valence electrons. The molecule has 7 nitrogen and oxygen atoms in total. The van der Waals surface area contributed by atoms with Gasteiger partial charge in [-0.25, -0.2) is 0 Å². The van der Waals surface area contributed by atoms with Crippen molar-refractivity contribution < 1.29 is 9.59 Å². The summed E-state index contributed by atoms with van der Waals surface area (Å²) in [6.07, 6.45) is 0.369. The van der Waals surface area contributed by atoms with Gasteiger partial charge in [-0.2, -0.15) is 10.1 Å². The summed E-state index contributed by atoms with van der Waals surface area (Å²) in [5.41, 5.74) is 7.95. The van der Waals surface area contributed by atoms with Gasteiger partial charge in [0, 0.05) is 18.4 Å². The normalized spacial score (nSPS) is 17.6. The Bertz CT molecular complexity index is 883. The molecule has 2 aromatic rings. The van der Waals surface area contributed by atoms with Crippen LogP contribution in [0, 0.1) is 6.92 Å². The maximum Gasteiger partial charge on any atom is 0.263 e. The number of thioether (sulfide) groups is 1. The van der Waals surface area contributed by atoms with Crippen LogP contribution in [0.1, 0.15) is 24.5 Å². The van der Waals surface area contributed by atoms with Crippen molar-refractivity contribution in [2.24, 2.45) is 5.10 Å². The van der Waals surface area contributed by atoms with Gasteiger partial charge >= 0.3 is 0 Å². The van der Waals surface area contributed by atoms with E-state index in [-0.39, 0.29) is 5.91 Å². The Morgan fingerprint density at radius 3 is 2.80 bits per heavy atom. The van der Waals surface area contributed by atoms with Crippen LogP contribution in [-0.2, 0) is 9.59 Å². The van der Waals surface area contributed by atoms with E-state index in [4.69, 9.17) is 17.3 Å². The van der Waals surface area contributed by atoms with Crippen molar-refractivity contribution in [1.29, 1.82) is 0 Å². The lowest BCUT2D eigenvalue weighted by Crippen LogP contribution is -2.43. The van der Waals surface area contributed by atoms with E-state index in [1.54, 1.807) is 6.07 Å². The molecule has 2 amide bonds. The molecule has 0 spiro atoms. The lowest BCUT2D eigenvalue weighted by molar-refractivity contribution is -0.143. The topological polar surface area (TPSA) is 102 Å². The van der Waals surface area contributed by atoms with Gasteiger partial charge in [-0.05, 0) is 30.2 Å². The lowest BCUT2D eigenvalue weighted by atomic mass is 10.0. The summed E-state index contributed by atoms with van der Waals surface area (Å²) in [4.78, 5) is 24.4. The zero-order valence-corrected chi connectivity index (χ0v) is 15.8. The molecule has 1 atom stereocenters. The third kappa shape index (κ3) is 3.83. The molecule has 1 aliphatic rings. The van der Waals surface area contributed by atoms with Crippen LogP contribution in [-0.4, -0.2) is 38.0 Å². The van der Waals surface area contributed by atoms with Gasteiger partial charge in [-0.3, -0.25) is 9.59 Å². The molecule has 25 heavy (non-hydrogen) atoms. The molecule has 1 unspecified atom stereocenters. The van der Waals surface area contributed by atoms with Crippen molar-refractivity contribution in [1.82, 2.24) is 15.2 Å². The number of hydrazone groups is 1. The zero-order chi connectivity index (χ0) is 18.1. The van der Waals surface area contributed by atoms with Crippen LogP contribution in [0.5, 0.6) is 0 Å². The molecule has 0 aliphatic carbocycles. The number of halogens is 1. The fraction of sp³-hybridized carbons (Fsp3) is 0.267. The van der Waals surface area contributed by atoms with Crippen LogP contribution in [0.3, 0.4) is 0 Å². The van der Waals surface area contributed by atoms with Crippen LogP contribution in [0.15, 0.2) is 27.6 Å². The molecular weight excluding hydrogens is 382 g/mol. The van der Waals surface area contributed by atoms with Crippen molar-refractivity contribution in [2.75, 3.05) is 5.73 Å². The number of benzene rings is 1. The third-order valence-corrected chi connectivity index (χ3v) is 5.98. The number of hydrogen-bond acceptors (Lipinski definition) is 8. The largest absolute Gasteiger partial charge is 0.374 e. The first-order valence-electron chi connectivity index (χ1n) is 7.29. The van der Waals surface area contributed by atoms with E-state index in [0.29, 0.717) is 26.6 Å². The summed E-state index contributed by atoms with van der Waals surface area (Å²) < 4.78 is 0.577. The number of anilines is 1. The first kappa shape index (κ1) is 17.8. The molecule has 3 rings (SSSR count). The lowest BCUT2D eigenvalue weighted by Gasteiger charge is -2.26. The van der Waals surface area contributed by atoms with Gasteiger partial charge < -0.3 is 5.73 Å². The molecule has 2 heterocycles. The van der Waals surface area contributed by atoms with Crippen LogP contribution in [0.25, 0.3) is 0 Å². The Hall–Kier alpha value is -1.97. The number of nitrogens with two attached hydrogens (primary N) is 1. The highest BCUT2D eigenvalue weighted by atomic mass is 35.5. The number of hydrogen-bond donors (Lipinski definition) is 1. The Kier molecular flexibility index (Phi) is 5.07. The molecule has 1 aromatic carbocycles.